The molecule has 0 radical (unpaired) electrons. The molecule has 3 unspecified atom stereocenters. The minimum Gasteiger partial charge on any atom is -0.387 e. The number of phosphoric acid groups is 1. The third kappa shape index (κ3) is 3.05. The highest BCUT2D eigenvalue weighted by molar-refractivity contribution is 7.46. The summed E-state index contributed by atoms with van der Waals surface area (Å²) in [7, 11) is -4.72. The van der Waals surface area contributed by atoms with Crippen molar-refractivity contribution in [2.75, 3.05) is 12.3 Å². The molecule has 12 nitrogen and oxygen atoms in total. The highest BCUT2D eigenvalue weighted by Crippen LogP contribution is 2.38. The molecule has 0 aliphatic carbocycles. The lowest BCUT2D eigenvalue weighted by Crippen LogP contribution is -2.33. The van der Waals surface area contributed by atoms with Crippen molar-refractivity contribution in [3.05, 3.63) is 12.7 Å². The second-order valence-corrected chi connectivity index (χ2v) is 6.15. The van der Waals surface area contributed by atoms with E-state index >= 15 is 0 Å². The van der Waals surface area contributed by atoms with Crippen LogP contribution in [0.25, 0.3) is 11.2 Å². The first-order valence-electron chi connectivity index (χ1n) is 6.42. The summed E-state index contributed by atoms with van der Waals surface area (Å²) in [5.74, 6) is 0.142. The average molecular weight is 347 g/mol. The van der Waals surface area contributed by atoms with Gasteiger partial charge in [-0.25, -0.2) is 19.5 Å². The van der Waals surface area contributed by atoms with Crippen LogP contribution in [0.15, 0.2) is 12.7 Å². The maximum atomic E-state index is 10.7. The van der Waals surface area contributed by atoms with Crippen molar-refractivity contribution >= 4 is 24.8 Å². The van der Waals surface area contributed by atoms with Crippen LogP contribution < -0.4 is 5.73 Å². The number of hydrogen-bond donors (Lipinski definition) is 5. The van der Waals surface area contributed by atoms with Crippen molar-refractivity contribution in [3.63, 3.8) is 0 Å². The van der Waals surface area contributed by atoms with Gasteiger partial charge in [-0.05, 0) is 0 Å². The molecule has 1 aliphatic heterocycles. The van der Waals surface area contributed by atoms with Gasteiger partial charge in [0, 0.05) is 0 Å². The Morgan fingerprint density at radius 3 is 2.74 bits per heavy atom. The molecule has 126 valence electrons. The molecule has 0 spiro atoms. The van der Waals surface area contributed by atoms with Crippen LogP contribution in [0.5, 0.6) is 0 Å². The lowest BCUT2D eigenvalue weighted by Gasteiger charge is -2.16. The second-order valence-electron chi connectivity index (χ2n) is 4.92. The zero-order valence-corrected chi connectivity index (χ0v) is 12.4. The maximum absolute atomic E-state index is 10.7. The zero-order valence-electron chi connectivity index (χ0n) is 11.5. The van der Waals surface area contributed by atoms with E-state index < -0.39 is 39.0 Å². The first-order valence-corrected chi connectivity index (χ1v) is 7.95. The maximum Gasteiger partial charge on any atom is 0.469 e. The van der Waals surface area contributed by atoms with Crippen LogP contribution in [0, 0.1) is 0 Å². The smallest absolute Gasteiger partial charge is 0.387 e. The zero-order chi connectivity index (χ0) is 16.8. The van der Waals surface area contributed by atoms with Crippen LogP contribution in [0.1, 0.15) is 6.23 Å². The van der Waals surface area contributed by atoms with Gasteiger partial charge < -0.3 is 30.5 Å². The van der Waals surface area contributed by atoms with Gasteiger partial charge in [-0.1, -0.05) is 0 Å². The largest absolute Gasteiger partial charge is 0.469 e. The first kappa shape index (κ1) is 16.2. The number of aromatic nitrogens is 4. The average Bonchev–Trinajstić information content (AvgIpc) is 3.01. The SMILES string of the molecule is Nc1ncnc2c1ncn2C1OC(COP(=O)(O)O)[C@H](O)C1O. The fourth-order valence-electron chi connectivity index (χ4n) is 2.32. The number of phosphoric ester groups is 1. The van der Waals surface area contributed by atoms with E-state index in [0.29, 0.717) is 5.52 Å². The molecule has 3 rings (SSSR count). The number of ether oxygens (including phenoxy) is 1. The van der Waals surface area contributed by atoms with Gasteiger partial charge in [0.05, 0.1) is 12.9 Å². The summed E-state index contributed by atoms with van der Waals surface area (Å²) in [5.41, 5.74) is 6.25. The molecule has 1 aliphatic rings. The molecule has 0 aromatic carbocycles. The van der Waals surface area contributed by atoms with E-state index in [4.69, 9.17) is 20.3 Å². The third-order valence-corrected chi connectivity index (χ3v) is 3.89. The number of hydrogen-bond acceptors (Lipinski definition) is 9. The molecule has 1 saturated heterocycles. The molecule has 1 fully saturated rings. The fraction of sp³-hybridized carbons (Fsp3) is 0.500. The number of nitrogen functional groups attached to an aromatic ring is 1. The van der Waals surface area contributed by atoms with Gasteiger partial charge in [0.1, 0.15) is 30.2 Å². The van der Waals surface area contributed by atoms with Crippen LogP contribution in [-0.4, -0.2) is 64.4 Å². The van der Waals surface area contributed by atoms with Crippen LogP contribution in [-0.2, 0) is 13.8 Å². The Balaban J connectivity index is 1.85. The van der Waals surface area contributed by atoms with Gasteiger partial charge >= 0.3 is 7.82 Å². The van der Waals surface area contributed by atoms with Crippen LogP contribution in [0.4, 0.5) is 5.82 Å². The molecule has 13 heteroatoms. The van der Waals surface area contributed by atoms with E-state index in [9.17, 15) is 14.8 Å². The van der Waals surface area contributed by atoms with E-state index in [0.717, 1.165) is 0 Å². The number of aliphatic hydroxyl groups is 2. The highest BCUT2D eigenvalue weighted by atomic mass is 31.2. The number of aliphatic hydroxyl groups excluding tert-OH is 2. The number of fused-ring (bicyclic) bond motifs is 1. The lowest BCUT2D eigenvalue weighted by atomic mass is 10.1. The minimum absolute atomic E-state index is 0.142. The Bertz CT molecular complexity index is 763. The third-order valence-electron chi connectivity index (χ3n) is 3.41. The Kier molecular flexibility index (Phi) is 4.06. The lowest BCUT2D eigenvalue weighted by molar-refractivity contribution is -0.0504. The van der Waals surface area contributed by atoms with Gasteiger partial charge in [-0.15, -0.1) is 0 Å². The van der Waals surface area contributed by atoms with E-state index in [1.165, 1.54) is 17.2 Å². The minimum atomic E-state index is -4.72. The summed E-state index contributed by atoms with van der Waals surface area (Å²) in [6, 6.07) is 0. The molecule has 0 saturated carbocycles. The number of rotatable bonds is 4. The fourth-order valence-corrected chi connectivity index (χ4v) is 2.66. The van der Waals surface area contributed by atoms with Crippen molar-refractivity contribution in [2.45, 2.75) is 24.5 Å². The molecule has 2 aromatic heterocycles. The highest BCUT2D eigenvalue weighted by Gasteiger charge is 2.45. The van der Waals surface area contributed by atoms with Gasteiger partial charge in [-0.3, -0.25) is 9.09 Å². The van der Waals surface area contributed by atoms with E-state index in [1.807, 2.05) is 0 Å². The molecule has 2 aromatic rings. The molecule has 3 heterocycles. The van der Waals surface area contributed by atoms with E-state index in [-0.39, 0.29) is 11.5 Å². The van der Waals surface area contributed by atoms with Gasteiger partial charge in [0.2, 0.25) is 0 Å². The van der Waals surface area contributed by atoms with Gasteiger partial charge in [-0.2, -0.15) is 0 Å². The molecular weight excluding hydrogens is 333 g/mol. The first-order chi connectivity index (χ1) is 10.8. The van der Waals surface area contributed by atoms with Crippen molar-refractivity contribution in [1.29, 1.82) is 0 Å². The van der Waals surface area contributed by atoms with Crippen LogP contribution >= 0.6 is 7.82 Å². The predicted molar refractivity (Wildman–Crippen MR) is 73.7 cm³/mol. The molecular formula is C10H14N5O7P. The summed E-state index contributed by atoms with van der Waals surface area (Å²) in [6.07, 6.45) is -2.49. The Morgan fingerprint density at radius 2 is 2.04 bits per heavy atom. The monoisotopic (exact) mass is 347 g/mol. The number of imidazole rings is 1. The summed E-state index contributed by atoms with van der Waals surface area (Å²) in [6.45, 7) is -0.594. The number of nitrogens with two attached hydrogens (primary N) is 1. The summed E-state index contributed by atoms with van der Waals surface area (Å²) >= 11 is 0. The quantitative estimate of drug-likeness (QED) is 0.390. The van der Waals surface area contributed by atoms with Crippen LogP contribution in [0.2, 0.25) is 0 Å². The molecule has 0 bridgehead atoms. The number of anilines is 1. The topological polar surface area (TPSA) is 186 Å². The molecule has 6 N–H and O–H groups in total. The van der Waals surface area contributed by atoms with Crippen molar-refractivity contribution in [3.8, 4) is 0 Å². The Labute approximate surface area is 128 Å². The van der Waals surface area contributed by atoms with Crippen LogP contribution in [0.3, 0.4) is 0 Å². The molecule has 0 amide bonds. The standard InChI is InChI=1S/C10H14N5O7P/c11-8-5-9(13-2-12-8)15(3-14-5)10-7(17)6(16)4(22-10)1-21-23(18,19)20/h2-4,6-7,10,16-17H,1H2,(H2,11,12,13)(H2,18,19,20)/t4?,6-,7?,10?/m0/s1. The van der Waals surface area contributed by atoms with Crippen molar-refractivity contribution in [2.24, 2.45) is 0 Å². The van der Waals surface area contributed by atoms with Crippen molar-refractivity contribution in [1.82, 2.24) is 19.5 Å². The normalized spacial score (nSPS) is 28.5. The molecule has 4 atom stereocenters. The number of nitrogens with zero attached hydrogens (tertiary/aromatic N) is 4. The van der Waals surface area contributed by atoms with Gasteiger partial charge in [0.15, 0.2) is 17.7 Å². The van der Waals surface area contributed by atoms with E-state index in [2.05, 4.69) is 19.5 Å². The Morgan fingerprint density at radius 1 is 1.30 bits per heavy atom. The van der Waals surface area contributed by atoms with E-state index in [1.54, 1.807) is 0 Å². The summed E-state index contributed by atoms with van der Waals surface area (Å²) < 4.78 is 21.8. The second kappa shape index (κ2) is 5.76. The van der Waals surface area contributed by atoms with Crippen molar-refractivity contribution < 1.29 is 33.8 Å². The van der Waals surface area contributed by atoms with Gasteiger partial charge in [0.25, 0.3) is 0 Å². The summed E-state index contributed by atoms with van der Waals surface area (Å²) in [5, 5.41) is 20.1. The summed E-state index contributed by atoms with van der Waals surface area (Å²) in [4.78, 5) is 29.2. The predicted octanol–water partition coefficient (Wildman–Crippen LogP) is -1.86. The Hall–Kier alpha value is -1.66. The molecule has 23 heavy (non-hydrogen) atoms.